The zero-order valence-corrected chi connectivity index (χ0v) is 17.8. The van der Waals surface area contributed by atoms with E-state index < -0.39 is 0 Å². The predicted octanol–water partition coefficient (Wildman–Crippen LogP) is 3.68. The van der Waals surface area contributed by atoms with Crippen LogP contribution < -0.4 is 5.32 Å². The molecule has 0 bridgehead atoms. The number of carbonyl (C=O) groups excluding carboxylic acids is 2. The van der Waals surface area contributed by atoms with Gasteiger partial charge in [-0.15, -0.1) is 0 Å². The molecular formula is C25H31N3O2. The highest BCUT2D eigenvalue weighted by atomic mass is 16.2. The van der Waals surface area contributed by atoms with E-state index in [0.717, 1.165) is 29.7 Å². The van der Waals surface area contributed by atoms with Gasteiger partial charge in [-0.25, -0.2) is 0 Å². The number of nitrogens with zero attached hydrogens (tertiary/aromatic N) is 2. The summed E-state index contributed by atoms with van der Waals surface area (Å²) in [6, 6.07) is 15.6. The Morgan fingerprint density at radius 2 is 1.80 bits per heavy atom. The molecule has 2 aliphatic rings. The topological polar surface area (TPSA) is 52.7 Å². The van der Waals surface area contributed by atoms with Crippen LogP contribution in [-0.4, -0.2) is 47.8 Å². The minimum Gasteiger partial charge on any atom is -0.356 e. The molecule has 0 spiro atoms. The fraction of sp³-hybridized carbons (Fsp3) is 0.440. The summed E-state index contributed by atoms with van der Waals surface area (Å²) in [6.45, 7) is 6.69. The molecule has 30 heavy (non-hydrogen) atoms. The summed E-state index contributed by atoms with van der Waals surface area (Å²) in [7, 11) is 0. The van der Waals surface area contributed by atoms with Crippen molar-refractivity contribution in [3.8, 4) is 0 Å². The molecule has 2 aromatic carbocycles. The van der Waals surface area contributed by atoms with Gasteiger partial charge in [0.05, 0.1) is 12.5 Å². The molecule has 1 saturated heterocycles. The van der Waals surface area contributed by atoms with Gasteiger partial charge in [0.2, 0.25) is 5.91 Å². The van der Waals surface area contributed by atoms with Crippen molar-refractivity contribution in [3.05, 3.63) is 70.8 Å². The van der Waals surface area contributed by atoms with Gasteiger partial charge in [0.1, 0.15) is 0 Å². The van der Waals surface area contributed by atoms with E-state index >= 15 is 0 Å². The van der Waals surface area contributed by atoms with Gasteiger partial charge in [-0.05, 0) is 63.0 Å². The first-order valence-corrected chi connectivity index (χ1v) is 11.1. The van der Waals surface area contributed by atoms with Crippen LogP contribution >= 0.6 is 0 Å². The number of hydrogen-bond acceptors (Lipinski definition) is 3. The van der Waals surface area contributed by atoms with E-state index in [2.05, 4.69) is 10.2 Å². The zero-order valence-electron chi connectivity index (χ0n) is 17.8. The van der Waals surface area contributed by atoms with Crippen molar-refractivity contribution >= 4 is 11.8 Å². The smallest absolute Gasteiger partial charge is 0.255 e. The number of benzene rings is 2. The average molecular weight is 406 g/mol. The quantitative estimate of drug-likeness (QED) is 0.682. The first kappa shape index (κ1) is 20.6. The Balaban J connectivity index is 1.41. The van der Waals surface area contributed by atoms with Gasteiger partial charge in [-0.2, -0.15) is 0 Å². The number of rotatable bonds is 8. The monoisotopic (exact) mass is 405 g/mol. The third-order valence-electron chi connectivity index (χ3n) is 6.24. The molecule has 2 aromatic rings. The van der Waals surface area contributed by atoms with E-state index in [4.69, 9.17) is 0 Å². The molecule has 0 radical (unpaired) electrons. The molecule has 0 aromatic heterocycles. The summed E-state index contributed by atoms with van der Waals surface area (Å²) in [5.74, 6) is 0.0174. The maximum absolute atomic E-state index is 13.1. The summed E-state index contributed by atoms with van der Waals surface area (Å²) >= 11 is 0. The van der Waals surface area contributed by atoms with Crippen LogP contribution in [0.4, 0.5) is 0 Å². The lowest BCUT2D eigenvalue weighted by Crippen LogP contribution is -2.35. The highest BCUT2D eigenvalue weighted by molar-refractivity contribution is 5.98. The van der Waals surface area contributed by atoms with Crippen LogP contribution in [0.25, 0.3) is 0 Å². The van der Waals surface area contributed by atoms with Crippen molar-refractivity contribution in [3.63, 3.8) is 0 Å². The van der Waals surface area contributed by atoms with Gasteiger partial charge in [0, 0.05) is 18.7 Å². The second-order valence-corrected chi connectivity index (χ2v) is 8.47. The van der Waals surface area contributed by atoms with E-state index in [1.54, 1.807) is 0 Å². The average Bonchev–Trinajstić information content (AvgIpc) is 3.39. The Morgan fingerprint density at radius 1 is 1.07 bits per heavy atom. The van der Waals surface area contributed by atoms with E-state index in [9.17, 15) is 9.59 Å². The normalized spacial score (nSPS) is 17.2. The van der Waals surface area contributed by atoms with Crippen LogP contribution in [-0.2, 0) is 11.3 Å². The number of aryl methyl sites for hydroxylation is 1. The Bertz CT molecular complexity index is 888. The largest absolute Gasteiger partial charge is 0.356 e. The fourth-order valence-electron chi connectivity index (χ4n) is 4.51. The zero-order chi connectivity index (χ0) is 20.9. The van der Waals surface area contributed by atoms with Crippen molar-refractivity contribution < 1.29 is 9.59 Å². The van der Waals surface area contributed by atoms with Crippen LogP contribution in [0.2, 0.25) is 0 Å². The summed E-state index contributed by atoms with van der Waals surface area (Å²) in [4.78, 5) is 30.1. The SMILES string of the molecule is Cc1ccc([C@H](CC(=O)NCCCN2CCCC2)N2Cc3ccccc3C2=O)cc1. The van der Waals surface area contributed by atoms with Gasteiger partial charge >= 0.3 is 0 Å². The molecule has 4 rings (SSSR count). The van der Waals surface area contributed by atoms with Gasteiger partial charge in [-0.1, -0.05) is 48.0 Å². The number of fused-ring (bicyclic) bond motifs is 1. The van der Waals surface area contributed by atoms with E-state index in [1.165, 1.54) is 31.5 Å². The summed E-state index contributed by atoms with van der Waals surface area (Å²) in [5, 5.41) is 3.07. The molecule has 2 aliphatic heterocycles. The van der Waals surface area contributed by atoms with Gasteiger partial charge in [0.15, 0.2) is 0 Å². The number of carbonyl (C=O) groups is 2. The van der Waals surface area contributed by atoms with Crippen LogP contribution in [0.5, 0.6) is 0 Å². The molecule has 5 nitrogen and oxygen atoms in total. The predicted molar refractivity (Wildman–Crippen MR) is 118 cm³/mol. The number of nitrogens with one attached hydrogen (secondary N) is 1. The summed E-state index contributed by atoms with van der Waals surface area (Å²) < 4.78 is 0. The first-order chi connectivity index (χ1) is 14.6. The fourth-order valence-corrected chi connectivity index (χ4v) is 4.51. The molecule has 1 atom stereocenters. The summed E-state index contributed by atoms with van der Waals surface area (Å²) in [5.41, 5.74) is 3.96. The van der Waals surface area contributed by atoms with Crippen LogP contribution in [0.15, 0.2) is 48.5 Å². The number of hydrogen-bond donors (Lipinski definition) is 1. The second-order valence-electron chi connectivity index (χ2n) is 8.47. The molecule has 158 valence electrons. The van der Waals surface area contributed by atoms with Crippen molar-refractivity contribution in [1.29, 1.82) is 0 Å². The molecule has 0 saturated carbocycles. The minimum atomic E-state index is -0.260. The third-order valence-corrected chi connectivity index (χ3v) is 6.24. The van der Waals surface area contributed by atoms with Crippen molar-refractivity contribution in [1.82, 2.24) is 15.1 Å². The van der Waals surface area contributed by atoms with Crippen molar-refractivity contribution in [2.45, 2.75) is 45.2 Å². The maximum atomic E-state index is 13.1. The Hall–Kier alpha value is -2.66. The standard InChI is InChI=1S/C25H31N3O2/c1-19-9-11-20(12-10-19)23(28-18-21-7-2-3-8-22(21)25(28)30)17-24(29)26-13-6-16-27-14-4-5-15-27/h2-3,7-12,23H,4-6,13-18H2,1H3,(H,26,29)/t23-/m0/s1. The molecule has 1 fully saturated rings. The Morgan fingerprint density at radius 3 is 2.53 bits per heavy atom. The van der Waals surface area contributed by atoms with E-state index in [-0.39, 0.29) is 24.3 Å². The Kier molecular flexibility index (Phi) is 6.48. The van der Waals surface area contributed by atoms with Crippen LogP contribution in [0.1, 0.15) is 58.8 Å². The molecule has 1 N–H and O–H groups in total. The minimum absolute atomic E-state index is 0.00533. The van der Waals surface area contributed by atoms with E-state index in [1.807, 2.05) is 60.4 Å². The van der Waals surface area contributed by atoms with Gasteiger partial charge in [-0.3, -0.25) is 9.59 Å². The molecule has 5 heteroatoms. The lowest BCUT2D eigenvalue weighted by Gasteiger charge is -2.28. The van der Waals surface area contributed by atoms with E-state index in [0.29, 0.717) is 13.1 Å². The van der Waals surface area contributed by atoms with Crippen LogP contribution in [0, 0.1) is 6.92 Å². The van der Waals surface area contributed by atoms with Crippen molar-refractivity contribution in [2.75, 3.05) is 26.2 Å². The number of amides is 2. The van der Waals surface area contributed by atoms with Crippen molar-refractivity contribution in [2.24, 2.45) is 0 Å². The highest BCUT2D eigenvalue weighted by Gasteiger charge is 2.34. The molecule has 2 heterocycles. The Labute approximate surface area is 179 Å². The van der Waals surface area contributed by atoms with Gasteiger partial charge in [0.25, 0.3) is 5.91 Å². The maximum Gasteiger partial charge on any atom is 0.255 e. The molecule has 0 unspecified atom stereocenters. The molecule has 2 amide bonds. The number of likely N-dealkylation sites (tertiary alicyclic amines) is 1. The van der Waals surface area contributed by atoms with Gasteiger partial charge < -0.3 is 15.1 Å². The second kappa shape index (κ2) is 9.43. The lowest BCUT2D eigenvalue weighted by molar-refractivity contribution is -0.122. The first-order valence-electron chi connectivity index (χ1n) is 11.1. The lowest BCUT2D eigenvalue weighted by atomic mass is 10.00. The molecule has 0 aliphatic carbocycles. The highest BCUT2D eigenvalue weighted by Crippen LogP contribution is 2.33. The van der Waals surface area contributed by atoms with Crippen LogP contribution in [0.3, 0.4) is 0 Å². The molecular weight excluding hydrogens is 374 g/mol. The third kappa shape index (κ3) is 4.73. The summed E-state index contributed by atoms with van der Waals surface area (Å²) in [6.07, 6.45) is 3.83.